The van der Waals surface area contributed by atoms with Crippen molar-refractivity contribution in [3.8, 4) is 0 Å². The summed E-state index contributed by atoms with van der Waals surface area (Å²) in [4.78, 5) is 11.7. The molecule has 1 aliphatic carbocycles. The van der Waals surface area contributed by atoms with Crippen molar-refractivity contribution in [2.45, 2.75) is 31.5 Å². The normalized spacial score (nSPS) is 33.7. The van der Waals surface area contributed by atoms with E-state index < -0.39 is 0 Å². The second kappa shape index (κ2) is 4.74. The van der Waals surface area contributed by atoms with Crippen molar-refractivity contribution in [3.63, 3.8) is 0 Å². The minimum atomic E-state index is -0.00519. The summed E-state index contributed by atoms with van der Waals surface area (Å²) < 4.78 is 10.7. The van der Waals surface area contributed by atoms with E-state index in [1.165, 1.54) is 0 Å². The zero-order chi connectivity index (χ0) is 10.8. The quantitative estimate of drug-likeness (QED) is 0.411. The maximum Gasteiger partial charge on any atom is 0.309 e. The third-order valence-electron chi connectivity index (χ3n) is 3.07. The van der Waals surface area contributed by atoms with Gasteiger partial charge in [-0.1, -0.05) is 0 Å². The predicted molar refractivity (Wildman–Crippen MR) is 61.0 cm³/mol. The topological polar surface area (TPSA) is 38.8 Å². The third-order valence-corrected chi connectivity index (χ3v) is 4.06. The Balaban J connectivity index is 1.66. The number of carbonyl (C=O) groups excluding carboxylic acids is 1. The third kappa shape index (κ3) is 3.11. The average molecular weight is 231 g/mol. The van der Waals surface area contributed by atoms with E-state index in [1.807, 2.05) is 0 Å². The molecule has 4 heteroatoms. The van der Waals surface area contributed by atoms with E-state index in [2.05, 4.69) is 12.5 Å². The van der Waals surface area contributed by atoms with Crippen molar-refractivity contribution in [3.05, 3.63) is 0 Å². The SMILES string of the molecule is C[S+](C)CCOC(=O)C1CCC2OC2C1. The van der Waals surface area contributed by atoms with Gasteiger partial charge < -0.3 is 9.47 Å². The lowest BCUT2D eigenvalue weighted by Gasteiger charge is -2.16. The molecule has 1 aliphatic heterocycles. The highest BCUT2D eigenvalue weighted by Gasteiger charge is 2.46. The van der Waals surface area contributed by atoms with Crippen molar-refractivity contribution in [2.24, 2.45) is 5.92 Å². The number of carbonyl (C=O) groups is 1. The maximum absolute atomic E-state index is 11.7. The number of fused-ring (bicyclic) bond motifs is 1. The fourth-order valence-corrected chi connectivity index (χ4v) is 2.46. The number of hydrogen-bond acceptors (Lipinski definition) is 3. The second-order valence-corrected chi connectivity index (χ2v) is 6.96. The van der Waals surface area contributed by atoms with Gasteiger partial charge in [-0.05, 0) is 30.2 Å². The Morgan fingerprint density at radius 2 is 2.20 bits per heavy atom. The fraction of sp³-hybridized carbons (Fsp3) is 0.909. The zero-order valence-electron chi connectivity index (χ0n) is 9.40. The summed E-state index contributed by atoms with van der Waals surface area (Å²) in [5.74, 6) is 1.08. The van der Waals surface area contributed by atoms with Crippen LogP contribution in [0.2, 0.25) is 0 Å². The van der Waals surface area contributed by atoms with Gasteiger partial charge in [0.2, 0.25) is 0 Å². The van der Waals surface area contributed by atoms with E-state index in [0.717, 1.165) is 25.0 Å². The van der Waals surface area contributed by atoms with Gasteiger partial charge >= 0.3 is 5.97 Å². The summed E-state index contributed by atoms with van der Waals surface area (Å²) in [7, 11) is 0.362. The van der Waals surface area contributed by atoms with E-state index in [4.69, 9.17) is 9.47 Å². The molecule has 2 rings (SSSR count). The van der Waals surface area contributed by atoms with Gasteiger partial charge in [-0.2, -0.15) is 0 Å². The van der Waals surface area contributed by atoms with Crippen LogP contribution in [0.1, 0.15) is 19.3 Å². The summed E-state index contributed by atoms with van der Waals surface area (Å²) in [6, 6.07) is 0. The minimum absolute atomic E-state index is 0.00519. The smallest absolute Gasteiger partial charge is 0.309 e. The molecule has 0 aromatic carbocycles. The molecule has 0 bridgehead atoms. The molecule has 1 heterocycles. The summed E-state index contributed by atoms with van der Waals surface area (Å²) >= 11 is 0. The first-order valence-electron chi connectivity index (χ1n) is 5.53. The lowest BCUT2D eigenvalue weighted by atomic mass is 9.89. The summed E-state index contributed by atoms with van der Waals surface area (Å²) in [5, 5.41) is 0. The summed E-state index contributed by atoms with van der Waals surface area (Å²) in [6.45, 7) is 0.584. The first-order valence-corrected chi connectivity index (χ1v) is 7.74. The number of epoxide rings is 1. The molecule has 86 valence electrons. The van der Waals surface area contributed by atoms with Crippen molar-refractivity contribution in [2.75, 3.05) is 24.9 Å². The van der Waals surface area contributed by atoms with Gasteiger partial charge in [-0.3, -0.25) is 4.79 Å². The van der Waals surface area contributed by atoms with E-state index in [0.29, 0.717) is 29.7 Å². The van der Waals surface area contributed by atoms with Crippen LogP contribution in [0.3, 0.4) is 0 Å². The lowest BCUT2D eigenvalue weighted by Crippen LogP contribution is -2.25. The Kier molecular flexibility index (Phi) is 3.57. The van der Waals surface area contributed by atoms with Gasteiger partial charge in [0.15, 0.2) is 0 Å². The van der Waals surface area contributed by atoms with Crippen molar-refractivity contribution in [1.82, 2.24) is 0 Å². The molecule has 15 heavy (non-hydrogen) atoms. The Morgan fingerprint density at radius 1 is 1.40 bits per heavy atom. The van der Waals surface area contributed by atoms with E-state index in [1.54, 1.807) is 0 Å². The van der Waals surface area contributed by atoms with Crippen molar-refractivity contribution >= 4 is 16.9 Å². The first-order chi connectivity index (χ1) is 7.16. The molecule has 3 unspecified atom stereocenters. The standard InChI is InChI=1S/C11H19O3S/c1-15(2)6-5-13-11(12)8-3-4-9-10(7-8)14-9/h8-10H,3-7H2,1-2H3/q+1. The molecule has 0 N–H and O–H groups in total. The summed E-state index contributed by atoms with van der Waals surface area (Å²) in [6.07, 6.45) is 8.02. The van der Waals surface area contributed by atoms with Crippen LogP contribution in [0.25, 0.3) is 0 Å². The highest BCUT2D eigenvalue weighted by atomic mass is 32.2. The number of rotatable bonds is 4. The molecule has 1 saturated carbocycles. The minimum Gasteiger partial charge on any atom is -0.460 e. The van der Waals surface area contributed by atoms with Gasteiger partial charge in [-0.25, -0.2) is 0 Å². The van der Waals surface area contributed by atoms with Crippen LogP contribution >= 0.6 is 0 Å². The number of esters is 1. The molecule has 2 fully saturated rings. The molecule has 0 amide bonds. The molecule has 3 atom stereocenters. The zero-order valence-corrected chi connectivity index (χ0v) is 10.2. The van der Waals surface area contributed by atoms with Crippen LogP contribution in [0.5, 0.6) is 0 Å². The van der Waals surface area contributed by atoms with Crippen LogP contribution in [0.4, 0.5) is 0 Å². The summed E-state index contributed by atoms with van der Waals surface area (Å²) in [5.41, 5.74) is 0. The Morgan fingerprint density at radius 3 is 2.87 bits per heavy atom. The predicted octanol–water partition coefficient (Wildman–Crippen LogP) is 0.975. The average Bonchev–Trinajstić information content (AvgIpc) is 2.94. The number of ether oxygens (including phenoxy) is 2. The molecule has 0 aromatic heterocycles. The molecular weight excluding hydrogens is 212 g/mol. The highest BCUT2D eigenvalue weighted by Crippen LogP contribution is 2.39. The largest absolute Gasteiger partial charge is 0.460 e. The molecule has 0 spiro atoms. The van der Waals surface area contributed by atoms with Crippen molar-refractivity contribution < 1.29 is 14.3 Å². The molecule has 3 nitrogen and oxygen atoms in total. The first kappa shape index (κ1) is 11.3. The van der Waals surface area contributed by atoms with Gasteiger partial charge in [0.25, 0.3) is 0 Å². The molecule has 1 saturated heterocycles. The number of hydrogen-bond donors (Lipinski definition) is 0. The van der Waals surface area contributed by atoms with Crippen molar-refractivity contribution in [1.29, 1.82) is 0 Å². The molecular formula is C11H19O3S+. The highest BCUT2D eigenvalue weighted by molar-refractivity contribution is 7.95. The van der Waals surface area contributed by atoms with Crippen LogP contribution in [-0.4, -0.2) is 43.0 Å². The second-order valence-electron chi connectivity index (χ2n) is 4.58. The maximum atomic E-state index is 11.7. The monoisotopic (exact) mass is 231 g/mol. The van der Waals surface area contributed by atoms with Crippen LogP contribution < -0.4 is 0 Å². The van der Waals surface area contributed by atoms with E-state index >= 15 is 0 Å². The van der Waals surface area contributed by atoms with E-state index in [-0.39, 0.29) is 11.9 Å². The Labute approximate surface area is 93.9 Å². The van der Waals surface area contributed by atoms with E-state index in [9.17, 15) is 4.79 Å². The molecule has 0 aromatic rings. The molecule has 0 radical (unpaired) electrons. The Hall–Kier alpha value is -0.220. The van der Waals surface area contributed by atoms with Gasteiger partial charge in [0.05, 0.1) is 30.6 Å². The Bertz CT molecular complexity index is 242. The van der Waals surface area contributed by atoms with Gasteiger partial charge in [-0.15, -0.1) is 0 Å². The van der Waals surface area contributed by atoms with Crippen LogP contribution in [0.15, 0.2) is 0 Å². The van der Waals surface area contributed by atoms with Gasteiger partial charge in [0, 0.05) is 0 Å². The van der Waals surface area contributed by atoms with Crippen LogP contribution in [0, 0.1) is 5.92 Å². The fourth-order valence-electron chi connectivity index (χ4n) is 2.04. The van der Waals surface area contributed by atoms with Crippen LogP contribution in [-0.2, 0) is 25.2 Å². The van der Waals surface area contributed by atoms with Gasteiger partial charge in [0.1, 0.15) is 12.4 Å². The lowest BCUT2D eigenvalue weighted by molar-refractivity contribution is -0.148. The molecule has 2 aliphatic rings.